The van der Waals surface area contributed by atoms with E-state index in [2.05, 4.69) is 15.6 Å². The number of nitrogens with zero attached hydrogens (tertiary/aromatic N) is 5. The fraction of sp³-hybridized carbons (Fsp3) is 0.414. The molecule has 4 heterocycles. The number of ether oxygens (including phenoxy) is 2. The van der Waals surface area contributed by atoms with E-state index in [-0.39, 0.29) is 34.8 Å². The molecule has 1 atom stereocenters. The lowest BCUT2D eigenvalue weighted by Gasteiger charge is -2.34. The lowest BCUT2D eigenvalue weighted by molar-refractivity contribution is 0.0541. The molecule has 216 valence electrons. The SMILES string of the molecule is CCN1CC(C)(C)Oc2nc(N3CCOCC3C)nc(-c3ccc(NC(=O)Nc4ccnc(C)c4)c(F)c3)c2C1=O. The number of urea groups is 1. The molecule has 1 unspecified atom stereocenters. The molecule has 1 aromatic carbocycles. The lowest BCUT2D eigenvalue weighted by atomic mass is 10.0. The maximum atomic E-state index is 15.4. The van der Waals surface area contributed by atoms with Crippen LogP contribution in [0.2, 0.25) is 0 Å². The van der Waals surface area contributed by atoms with Gasteiger partial charge in [0.25, 0.3) is 5.91 Å². The zero-order valence-corrected chi connectivity index (χ0v) is 23.8. The number of nitrogens with one attached hydrogen (secondary N) is 2. The number of likely N-dealkylation sites (N-methyl/N-ethyl adjacent to an activating group) is 1. The maximum absolute atomic E-state index is 15.4. The van der Waals surface area contributed by atoms with Crippen molar-refractivity contribution in [3.05, 3.63) is 53.6 Å². The molecule has 0 bridgehead atoms. The van der Waals surface area contributed by atoms with Crippen LogP contribution in [0.1, 0.15) is 43.7 Å². The van der Waals surface area contributed by atoms with E-state index < -0.39 is 17.4 Å². The van der Waals surface area contributed by atoms with Gasteiger partial charge in [-0.3, -0.25) is 9.78 Å². The number of halogens is 1. The molecule has 0 radical (unpaired) electrons. The van der Waals surface area contributed by atoms with E-state index in [4.69, 9.17) is 19.4 Å². The first-order valence-electron chi connectivity index (χ1n) is 13.6. The molecule has 2 aliphatic heterocycles. The summed E-state index contributed by atoms with van der Waals surface area (Å²) in [5.41, 5.74) is 1.31. The monoisotopic (exact) mass is 563 g/mol. The van der Waals surface area contributed by atoms with E-state index >= 15 is 4.39 Å². The van der Waals surface area contributed by atoms with Gasteiger partial charge in [0.1, 0.15) is 17.0 Å². The highest BCUT2D eigenvalue weighted by Gasteiger charge is 2.38. The van der Waals surface area contributed by atoms with Crippen LogP contribution in [0.15, 0.2) is 36.5 Å². The van der Waals surface area contributed by atoms with Gasteiger partial charge in [0.2, 0.25) is 11.8 Å². The number of carbonyl (C=O) groups is 2. The predicted octanol–water partition coefficient (Wildman–Crippen LogP) is 4.49. The zero-order valence-electron chi connectivity index (χ0n) is 23.8. The van der Waals surface area contributed by atoms with Gasteiger partial charge >= 0.3 is 6.03 Å². The summed E-state index contributed by atoms with van der Waals surface area (Å²) in [4.78, 5) is 43.6. The standard InChI is InChI=1S/C29H34FN7O4/c1-6-36-16-29(4,5)41-25-23(26(36)38)24(34-27(35-25)37-11-12-40-15-18(37)3)19-7-8-22(21(30)14-19)33-28(39)32-20-9-10-31-17(2)13-20/h7-10,13-14,18H,6,11-12,15-16H2,1-5H3,(H2,31,32,33,39). The minimum Gasteiger partial charge on any atom is -0.469 e. The lowest BCUT2D eigenvalue weighted by Crippen LogP contribution is -2.44. The fourth-order valence-electron chi connectivity index (χ4n) is 4.97. The summed E-state index contributed by atoms with van der Waals surface area (Å²) in [6, 6.07) is 7.03. The number of aryl methyl sites for hydroxylation is 1. The van der Waals surface area contributed by atoms with Gasteiger partial charge in [-0.2, -0.15) is 4.98 Å². The van der Waals surface area contributed by atoms with E-state index in [1.54, 1.807) is 36.2 Å². The Kier molecular flexibility index (Phi) is 7.76. The summed E-state index contributed by atoms with van der Waals surface area (Å²) in [6.45, 7) is 11.9. The number of hydrogen-bond donors (Lipinski definition) is 2. The predicted molar refractivity (Wildman–Crippen MR) is 153 cm³/mol. The van der Waals surface area contributed by atoms with Gasteiger partial charge in [-0.1, -0.05) is 6.07 Å². The van der Waals surface area contributed by atoms with Crippen LogP contribution < -0.4 is 20.3 Å². The first-order valence-corrected chi connectivity index (χ1v) is 13.6. The van der Waals surface area contributed by atoms with Gasteiger partial charge < -0.3 is 29.9 Å². The van der Waals surface area contributed by atoms with Crippen molar-refractivity contribution in [1.29, 1.82) is 0 Å². The van der Waals surface area contributed by atoms with Crippen LogP contribution in [0, 0.1) is 12.7 Å². The van der Waals surface area contributed by atoms with Gasteiger partial charge in [0.15, 0.2) is 0 Å². The van der Waals surface area contributed by atoms with Crippen molar-refractivity contribution in [3.8, 4) is 17.1 Å². The van der Waals surface area contributed by atoms with Crippen LogP contribution in [0.4, 0.5) is 26.5 Å². The molecule has 1 saturated heterocycles. The molecule has 11 nitrogen and oxygen atoms in total. The van der Waals surface area contributed by atoms with Crippen molar-refractivity contribution in [3.63, 3.8) is 0 Å². The van der Waals surface area contributed by atoms with Gasteiger partial charge in [0, 0.05) is 36.2 Å². The number of benzene rings is 1. The van der Waals surface area contributed by atoms with Crippen LogP contribution >= 0.6 is 0 Å². The van der Waals surface area contributed by atoms with Crippen molar-refractivity contribution >= 4 is 29.3 Å². The van der Waals surface area contributed by atoms with E-state index in [9.17, 15) is 9.59 Å². The summed E-state index contributed by atoms with van der Waals surface area (Å²) in [5.74, 6) is -0.451. The zero-order chi connectivity index (χ0) is 29.3. The number of hydrogen-bond acceptors (Lipinski definition) is 8. The number of fused-ring (bicyclic) bond motifs is 1. The third-order valence-electron chi connectivity index (χ3n) is 6.96. The third-order valence-corrected chi connectivity index (χ3v) is 6.96. The highest BCUT2D eigenvalue weighted by atomic mass is 19.1. The fourth-order valence-corrected chi connectivity index (χ4v) is 4.97. The molecule has 41 heavy (non-hydrogen) atoms. The second-order valence-electron chi connectivity index (χ2n) is 10.8. The Bertz CT molecular complexity index is 1480. The molecular formula is C29H34FN7O4. The Balaban J connectivity index is 1.54. The Hall–Kier alpha value is -4.32. The Morgan fingerprint density at radius 3 is 2.71 bits per heavy atom. The Labute approximate surface area is 238 Å². The maximum Gasteiger partial charge on any atom is 0.323 e. The van der Waals surface area contributed by atoms with Crippen LogP contribution in [-0.2, 0) is 4.74 Å². The Morgan fingerprint density at radius 1 is 1.20 bits per heavy atom. The highest BCUT2D eigenvalue weighted by molar-refractivity contribution is 6.03. The minimum atomic E-state index is -0.712. The molecular weight excluding hydrogens is 529 g/mol. The molecule has 1 fully saturated rings. The molecule has 3 aromatic rings. The van der Waals surface area contributed by atoms with Crippen molar-refractivity contribution < 1.29 is 23.5 Å². The average molecular weight is 564 g/mol. The normalized spacial score (nSPS) is 18.3. The van der Waals surface area contributed by atoms with Gasteiger partial charge in [0.05, 0.1) is 37.2 Å². The van der Waals surface area contributed by atoms with Crippen LogP contribution in [0.5, 0.6) is 5.88 Å². The molecule has 0 aliphatic carbocycles. The van der Waals surface area contributed by atoms with E-state index in [0.29, 0.717) is 50.0 Å². The molecule has 5 rings (SSSR count). The van der Waals surface area contributed by atoms with Crippen LogP contribution in [-0.4, -0.2) is 76.3 Å². The molecule has 2 aromatic heterocycles. The Morgan fingerprint density at radius 2 is 2.00 bits per heavy atom. The summed E-state index contributed by atoms with van der Waals surface area (Å²) < 4.78 is 27.3. The van der Waals surface area contributed by atoms with Gasteiger partial charge in [-0.25, -0.2) is 14.2 Å². The first-order chi connectivity index (χ1) is 19.5. The summed E-state index contributed by atoms with van der Waals surface area (Å²) in [7, 11) is 0. The quantitative estimate of drug-likeness (QED) is 0.466. The largest absolute Gasteiger partial charge is 0.469 e. The second kappa shape index (κ2) is 11.3. The molecule has 3 amide bonds. The van der Waals surface area contributed by atoms with Gasteiger partial charge in [-0.15, -0.1) is 0 Å². The van der Waals surface area contributed by atoms with Crippen LogP contribution in [0.3, 0.4) is 0 Å². The van der Waals surface area contributed by atoms with Crippen molar-refractivity contribution in [2.75, 3.05) is 48.4 Å². The number of aromatic nitrogens is 3. The minimum absolute atomic E-state index is 0.0118. The third kappa shape index (κ3) is 6.07. The molecule has 0 spiro atoms. The number of amides is 3. The molecule has 12 heteroatoms. The first kappa shape index (κ1) is 28.2. The summed E-state index contributed by atoms with van der Waals surface area (Å²) in [6.07, 6.45) is 1.57. The topological polar surface area (TPSA) is 122 Å². The summed E-state index contributed by atoms with van der Waals surface area (Å²) in [5, 5.41) is 5.20. The molecule has 0 saturated carbocycles. The average Bonchev–Trinajstić information content (AvgIpc) is 3.02. The van der Waals surface area contributed by atoms with E-state index in [1.807, 2.05) is 32.6 Å². The number of carbonyl (C=O) groups excluding carboxylic acids is 2. The number of pyridine rings is 1. The molecule has 2 N–H and O–H groups in total. The van der Waals surface area contributed by atoms with Gasteiger partial charge in [-0.05, 0) is 58.9 Å². The van der Waals surface area contributed by atoms with Crippen molar-refractivity contribution in [1.82, 2.24) is 19.9 Å². The number of morpholine rings is 1. The number of anilines is 3. The smallest absolute Gasteiger partial charge is 0.323 e. The molecule has 2 aliphatic rings. The second-order valence-corrected chi connectivity index (χ2v) is 10.8. The number of rotatable bonds is 5. The van der Waals surface area contributed by atoms with Crippen molar-refractivity contribution in [2.24, 2.45) is 0 Å². The van der Waals surface area contributed by atoms with Crippen LogP contribution in [0.25, 0.3) is 11.3 Å². The van der Waals surface area contributed by atoms with E-state index in [0.717, 1.165) is 5.69 Å². The van der Waals surface area contributed by atoms with Crippen molar-refractivity contribution in [2.45, 2.75) is 46.3 Å². The summed E-state index contributed by atoms with van der Waals surface area (Å²) >= 11 is 0. The highest BCUT2D eigenvalue weighted by Crippen LogP contribution is 2.37. The van der Waals surface area contributed by atoms with E-state index in [1.165, 1.54) is 12.1 Å².